The van der Waals surface area contributed by atoms with Gasteiger partial charge in [0.15, 0.2) is 18.6 Å². The first-order valence-corrected chi connectivity index (χ1v) is 16.1. The van der Waals surface area contributed by atoms with E-state index in [1.165, 1.54) is 0 Å². The summed E-state index contributed by atoms with van der Waals surface area (Å²) in [5.74, 6) is 2.72. The Morgan fingerprint density at radius 3 is 1.66 bits per heavy atom. The number of halogens is 1. The number of methoxy groups -OCH3 is 2. The average Bonchev–Trinajstić information content (AvgIpc) is 3.26. The van der Waals surface area contributed by atoms with Crippen molar-refractivity contribution in [2.24, 2.45) is 0 Å². The van der Waals surface area contributed by atoms with E-state index in [0.29, 0.717) is 42.5 Å². The smallest absolute Gasteiger partial charge is 0.246 e. The van der Waals surface area contributed by atoms with Gasteiger partial charge in [-0.25, -0.2) is 0 Å². The van der Waals surface area contributed by atoms with Crippen molar-refractivity contribution >= 4 is 45.6 Å². The minimum atomic E-state index is -3.52. The highest BCUT2D eigenvalue weighted by Gasteiger charge is 2.42. The fourth-order valence-electron chi connectivity index (χ4n) is 5.49. The van der Waals surface area contributed by atoms with Crippen LogP contribution in [0.4, 0.5) is 0 Å². The fraction of sp³-hybridized carbons (Fsp3) is 0.273. The summed E-state index contributed by atoms with van der Waals surface area (Å²) in [5.41, 5.74) is 3.62. The van der Waals surface area contributed by atoms with E-state index < -0.39 is 12.9 Å². The lowest BCUT2D eigenvalue weighted by molar-refractivity contribution is -0.0441. The summed E-state index contributed by atoms with van der Waals surface area (Å²) in [6.07, 6.45) is 0. The molecular weight excluding hydrogens is 650 g/mol. The van der Waals surface area contributed by atoms with Gasteiger partial charge in [-0.2, -0.15) is 0 Å². The number of para-hydroxylation sites is 1. The van der Waals surface area contributed by atoms with E-state index in [1.54, 1.807) is 14.2 Å². The van der Waals surface area contributed by atoms with Gasteiger partial charge in [0.25, 0.3) is 0 Å². The number of hydrogen-bond acceptors (Lipinski definition) is 6. The number of ether oxygens (including phenoxy) is 5. The van der Waals surface area contributed by atoms with Crippen LogP contribution in [-0.4, -0.2) is 20.0 Å². The number of hydrogen-bond donors (Lipinski definition) is 0. The van der Waals surface area contributed by atoms with E-state index in [0.717, 1.165) is 33.8 Å². The van der Waals surface area contributed by atoms with Gasteiger partial charge in [-0.3, -0.25) is 0 Å². The van der Waals surface area contributed by atoms with Gasteiger partial charge in [-0.1, -0.05) is 18.2 Å². The lowest BCUT2D eigenvalue weighted by Gasteiger charge is -2.25. The molecule has 0 N–H and O–H groups in total. The SMILES string of the molecule is COc1c(C)cc(P(=O)(c2cc(C)c(OC)c(C)c2)c2cc(Oc3ccccc3)c3c(c2I)OC(C)(C)O3)cc1C. The third kappa shape index (κ3) is 5.19. The van der Waals surface area contributed by atoms with Crippen molar-refractivity contribution in [1.29, 1.82) is 0 Å². The van der Waals surface area contributed by atoms with Crippen LogP contribution in [0.5, 0.6) is 34.5 Å². The molecule has 0 saturated carbocycles. The molecule has 5 rings (SSSR count). The molecule has 0 amide bonds. The maximum atomic E-state index is 16.0. The number of fused-ring (bicyclic) bond motifs is 1. The zero-order valence-corrected chi connectivity index (χ0v) is 27.6. The van der Waals surface area contributed by atoms with Crippen molar-refractivity contribution in [3.63, 3.8) is 0 Å². The Bertz CT molecular complexity index is 1590. The largest absolute Gasteiger partial charge is 0.496 e. The van der Waals surface area contributed by atoms with Crippen molar-refractivity contribution in [1.82, 2.24) is 0 Å². The third-order valence-corrected chi connectivity index (χ3v) is 11.7. The molecule has 0 spiro atoms. The zero-order chi connectivity index (χ0) is 29.7. The molecule has 0 unspecified atom stereocenters. The molecule has 214 valence electrons. The molecular formula is C33H34IO6P. The summed E-state index contributed by atoms with van der Waals surface area (Å²) in [4.78, 5) is 0. The van der Waals surface area contributed by atoms with Crippen LogP contribution in [0.15, 0.2) is 60.7 Å². The molecule has 4 aromatic carbocycles. The highest BCUT2D eigenvalue weighted by molar-refractivity contribution is 14.1. The topological polar surface area (TPSA) is 63.2 Å². The molecule has 0 aromatic heterocycles. The Balaban J connectivity index is 1.85. The summed E-state index contributed by atoms with van der Waals surface area (Å²) in [6.45, 7) is 11.6. The van der Waals surface area contributed by atoms with Crippen LogP contribution in [0, 0.1) is 31.3 Å². The third-order valence-electron chi connectivity index (χ3n) is 7.15. The van der Waals surface area contributed by atoms with Gasteiger partial charge in [0.05, 0.1) is 17.8 Å². The normalized spacial score (nSPS) is 13.7. The van der Waals surface area contributed by atoms with Crippen molar-refractivity contribution in [2.45, 2.75) is 47.3 Å². The summed E-state index contributed by atoms with van der Waals surface area (Å²) in [5, 5.41) is 2.00. The van der Waals surface area contributed by atoms with Crippen molar-refractivity contribution in [3.05, 3.63) is 86.5 Å². The Labute approximate surface area is 255 Å². The first kappa shape index (κ1) is 29.3. The second-order valence-electron chi connectivity index (χ2n) is 10.7. The minimum Gasteiger partial charge on any atom is -0.496 e. The maximum Gasteiger partial charge on any atom is 0.246 e. The lowest BCUT2D eigenvalue weighted by atomic mass is 10.1. The number of rotatable bonds is 7. The summed E-state index contributed by atoms with van der Waals surface area (Å²) < 4.78 is 46.9. The van der Waals surface area contributed by atoms with Crippen molar-refractivity contribution < 1.29 is 28.2 Å². The van der Waals surface area contributed by atoms with Gasteiger partial charge in [0, 0.05) is 29.8 Å². The first-order valence-electron chi connectivity index (χ1n) is 13.3. The highest BCUT2D eigenvalue weighted by Crippen LogP contribution is 2.54. The zero-order valence-electron chi connectivity index (χ0n) is 24.5. The molecule has 0 bridgehead atoms. The predicted octanol–water partition coefficient (Wildman–Crippen LogP) is 7.48. The quantitative estimate of drug-likeness (QED) is 0.149. The molecule has 6 nitrogen and oxygen atoms in total. The molecule has 0 saturated heterocycles. The van der Waals surface area contributed by atoms with Crippen LogP contribution in [-0.2, 0) is 4.57 Å². The van der Waals surface area contributed by atoms with E-state index in [4.69, 9.17) is 23.7 Å². The Morgan fingerprint density at radius 2 is 1.20 bits per heavy atom. The molecule has 1 heterocycles. The van der Waals surface area contributed by atoms with Gasteiger partial charge in [0.1, 0.15) is 17.2 Å². The molecule has 0 aliphatic carbocycles. The summed E-state index contributed by atoms with van der Waals surface area (Å²) in [7, 11) is -0.216. The van der Waals surface area contributed by atoms with E-state index in [-0.39, 0.29) is 0 Å². The van der Waals surface area contributed by atoms with Crippen LogP contribution >= 0.6 is 29.7 Å². The first-order chi connectivity index (χ1) is 19.4. The number of aryl methyl sites for hydroxylation is 4. The standard InChI is InChI=1S/C33H34IO6P/c1-19-14-24(15-20(2)29(19)36-7)41(35,25-16-21(3)30(37-8)22(4)17-25)27-18-26(38-23-12-10-9-11-13-23)31-32(28(27)34)40-33(5,6)39-31/h9-18H,1-8H3. The van der Waals surface area contributed by atoms with E-state index in [2.05, 4.69) is 22.6 Å². The molecule has 8 heteroatoms. The Kier molecular flexibility index (Phi) is 7.81. The second-order valence-corrected chi connectivity index (χ2v) is 14.5. The molecule has 4 aromatic rings. The minimum absolute atomic E-state index is 0.441. The van der Waals surface area contributed by atoms with Gasteiger partial charge >= 0.3 is 0 Å². The summed E-state index contributed by atoms with van der Waals surface area (Å²) >= 11 is 2.23. The molecule has 0 atom stereocenters. The van der Waals surface area contributed by atoms with Crippen LogP contribution in [0.3, 0.4) is 0 Å². The monoisotopic (exact) mass is 684 g/mol. The van der Waals surface area contributed by atoms with E-state index >= 15 is 4.57 Å². The number of benzene rings is 4. The Hall–Kier alpha value is -3.16. The van der Waals surface area contributed by atoms with Crippen molar-refractivity contribution in [2.75, 3.05) is 14.2 Å². The predicted molar refractivity (Wildman–Crippen MR) is 172 cm³/mol. The lowest BCUT2D eigenvalue weighted by Crippen LogP contribution is -2.30. The van der Waals surface area contributed by atoms with Crippen molar-refractivity contribution in [3.8, 4) is 34.5 Å². The highest BCUT2D eigenvalue weighted by atomic mass is 127. The molecule has 0 radical (unpaired) electrons. The van der Waals surface area contributed by atoms with Crippen LogP contribution in [0.1, 0.15) is 36.1 Å². The van der Waals surface area contributed by atoms with Gasteiger partial charge in [0.2, 0.25) is 11.5 Å². The molecule has 0 fully saturated rings. The molecule has 1 aliphatic rings. The van der Waals surface area contributed by atoms with Gasteiger partial charge in [-0.05, 0) is 115 Å². The second kappa shape index (κ2) is 10.9. The van der Waals surface area contributed by atoms with Crippen LogP contribution in [0.2, 0.25) is 0 Å². The maximum absolute atomic E-state index is 16.0. The Morgan fingerprint density at radius 1 is 0.732 bits per heavy atom. The van der Waals surface area contributed by atoms with Gasteiger partial charge in [-0.15, -0.1) is 0 Å². The van der Waals surface area contributed by atoms with Crippen LogP contribution < -0.4 is 39.6 Å². The molecule has 41 heavy (non-hydrogen) atoms. The van der Waals surface area contributed by atoms with Gasteiger partial charge < -0.3 is 28.2 Å². The van der Waals surface area contributed by atoms with E-state index in [9.17, 15) is 0 Å². The van der Waals surface area contributed by atoms with E-state index in [1.807, 2.05) is 102 Å². The molecule has 1 aliphatic heterocycles. The summed E-state index contributed by atoms with van der Waals surface area (Å²) in [6, 6.07) is 19.2. The van der Waals surface area contributed by atoms with Crippen LogP contribution in [0.25, 0.3) is 0 Å². The average molecular weight is 685 g/mol. The fourth-order valence-corrected chi connectivity index (χ4v) is 10.1.